The van der Waals surface area contributed by atoms with E-state index in [0.29, 0.717) is 6.61 Å². The highest BCUT2D eigenvalue weighted by Crippen LogP contribution is 2.48. The molecule has 2 saturated carbocycles. The molecule has 2 aliphatic carbocycles. The highest BCUT2D eigenvalue weighted by molar-refractivity contribution is 6.09. The fourth-order valence-electron chi connectivity index (χ4n) is 6.75. The van der Waals surface area contributed by atoms with Crippen molar-refractivity contribution in [2.75, 3.05) is 6.61 Å². The second-order valence-corrected chi connectivity index (χ2v) is 11.3. The summed E-state index contributed by atoms with van der Waals surface area (Å²) in [6.45, 7) is 2.48. The van der Waals surface area contributed by atoms with Crippen LogP contribution in [0.5, 0.6) is 0 Å². The Balaban J connectivity index is 1.11. The summed E-state index contributed by atoms with van der Waals surface area (Å²) in [6, 6.07) is 10.0. The summed E-state index contributed by atoms with van der Waals surface area (Å²) in [5, 5.41) is 4.38. The zero-order valence-corrected chi connectivity index (χ0v) is 21.5. The van der Waals surface area contributed by atoms with Crippen LogP contribution in [0.1, 0.15) is 76.7 Å². The Morgan fingerprint density at radius 1 is 0.838 bits per heavy atom. The Labute approximate surface area is 218 Å². The molecule has 1 aromatic rings. The van der Waals surface area contributed by atoms with Gasteiger partial charge in [-0.2, -0.15) is 0 Å². The molecule has 0 N–H and O–H groups in total. The van der Waals surface area contributed by atoms with Gasteiger partial charge in [0.25, 0.3) is 0 Å². The topological polar surface area (TPSA) is 77.0 Å². The molecule has 3 saturated heterocycles. The number of rotatable bonds is 4. The Kier molecular flexibility index (Phi) is 6.38. The molecule has 0 radical (unpaired) electrons. The molecule has 0 bridgehead atoms. The summed E-state index contributed by atoms with van der Waals surface area (Å²) >= 11 is 0. The van der Waals surface area contributed by atoms with Crippen LogP contribution in [-0.4, -0.2) is 60.9 Å². The van der Waals surface area contributed by atoms with Crippen LogP contribution >= 0.6 is 0 Å². The first kappa shape index (κ1) is 24.2. The van der Waals surface area contributed by atoms with E-state index < -0.39 is 30.3 Å². The Hall–Kier alpha value is -1.81. The van der Waals surface area contributed by atoms with E-state index in [4.69, 9.17) is 33.3 Å². The third-order valence-corrected chi connectivity index (χ3v) is 8.70. The van der Waals surface area contributed by atoms with Crippen LogP contribution in [0, 0.1) is 0 Å². The average molecular weight is 512 g/mol. The predicted molar refractivity (Wildman–Crippen MR) is 134 cm³/mol. The quantitative estimate of drug-likeness (QED) is 0.566. The van der Waals surface area contributed by atoms with Crippen molar-refractivity contribution >= 4 is 5.71 Å². The average Bonchev–Trinajstić information content (AvgIpc) is 3.58. The van der Waals surface area contributed by atoms with Crippen LogP contribution in [0.3, 0.4) is 0 Å². The number of allylic oxidation sites excluding steroid dienone is 1. The maximum absolute atomic E-state index is 6.64. The first-order valence-electron chi connectivity index (χ1n) is 14.1. The number of nitrogens with zero attached hydrogens (tertiary/aromatic N) is 1. The summed E-state index contributed by atoms with van der Waals surface area (Å²) in [6.07, 6.45) is 9.99. The molecule has 1 aromatic carbocycles. The minimum atomic E-state index is -0.639. The lowest BCUT2D eigenvalue weighted by Crippen LogP contribution is -2.47. The van der Waals surface area contributed by atoms with Crippen molar-refractivity contribution in [3.05, 3.63) is 47.5 Å². The first-order valence-corrected chi connectivity index (χ1v) is 14.1. The monoisotopic (exact) mass is 511 g/mol. The molecule has 8 heteroatoms. The Morgan fingerprint density at radius 3 is 2.30 bits per heavy atom. The van der Waals surface area contributed by atoms with Gasteiger partial charge in [0.05, 0.1) is 6.61 Å². The van der Waals surface area contributed by atoms with Gasteiger partial charge in [-0.3, -0.25) is 0 Å². The van der Waals surface area contributed by atoms with Crippen molar-refractivity contribution in [1.29, 1.82) is 0 Å². The molecule has 1 unspecified atom stereocenters. The van der Waals surface area contributed by atoms with Gasteiger partial charge >= 0.3 is 0 Å². The summed E-state index contributed by atoms with van der Waals surface area (Å²) < 4.78 is 39.1. The van der Waals surface area contributed by atoms with Crippen molar-refractivity contribution in [2.45, 2.75) is 120 Å². The van der Waals surface area contributed by atoms with Gasteiger partial charge in [0, 0.05) is 31.2 Å². The minimum Gasteiger partial charge on any atom is -0.358 e. The molecule has 6 atom stereocenters. The third-order valence-electron chi connectivity index (χ3n) is 8.70. The zero-order chi connectivity index (χ0) is 24.9. The summed E-state index contributed by atoms with van der Waals surface area (Å²) in [7, 11) is 0. The van der Waals surface area contributed by atoms with Crippen LogP contribution in [0.2, 0.25) is 0 Å². The molecular weight excluding hydrogens is 474 g/mol. The third kappa shape index (κ3) is 4.56. The number of ether oxygens (including phenoxy) is 6. The van der Waals surface area contributed by atoms with E-state index in [-0.39, 0.29) is 18.3 Å². The normalized spacial score (nSPS) is 38.3. The maximum atomic E-state index is 6.64. The van der Waals surface area contributed by atoms with Gasteiger partial charge in [0.15, 0.2) is 17.9 Å². The highest BCUT2D eigenvalue weighted by Gasteiger charge is 2.62. The maximum Gasteiger partial charge on any atom is 0.249 e. The zero-order valence-electron chi connectivity index (χ0n) is 21.5. The van der Waals surface area contributed by atoms with Gasteiger partial charge in [-0.05, 0) is 44.3 Å². The fraction of sp³-hybridized carbons (Fsp3) is 0.690. The van der Waals surface area contributed by atoms with Crippen molar-refractivity contribution in [3.8, 4) is 0 Å². The largest absolute Gasteiger partial charge is 0.358 e. The fourth-order valence-corrected chi connectivity index (χ4v) is 6.75. The molecule has 7 rings (SSSR count). The van der Waals surface area contributed by atoms with Crippen molar-refractivity contribution in [1.82, 2.24) is 0 Å². The Morgan fingerprint density at radius 2 is 1.57 bits per heavy atom. The van der Waals surface area contributed by atoms with Gasteiger partial charge in [0.2, 0.25) is 6.29 Å². The summed E-state index contributed by atoms with van der Waals surface area (Å²) in [5.74, 6) is -1.07. The van der Waals surface area contributed by atoms with Crippen LogP contribution < -0.4 is 0 Å². The molecule has 5 fully saturated rings. The molecular formula is C29H37NO7. The van der Waals surface area contributed by atoms with Crippen molar-refractivity contribution in [3.63, 3.8) is 0 Å². The number of hydrogen-bond acceptors (Lipinski definition) is 8. The molecule has 4 aliphatic heterocycles. The van der Waals surface area contributed by atoms with Gasteiger partial charge in [-0.15, -0.1) is 0 Å². The van der Waals surface area contributed by atoms with Crippen molar-refractivity contribution < 1.29 is 33.3 Å². The molecule has 6 aliphatic rings. The molecule has 37 heavy (non-hydrogen) atoms. The van der Waals surface area contributed by atoms with Crippen LogP contribution in [-0.2, 0) is 33.3 Å². The number of benzene rings is 1. The molecule has 0 amide bonds. The summed E-state index contributed by atoms with van der Waals surface area (Å²) in [5.41, 5.74) is 2.72. The van der Waals surface area contributed by atoms with E-state index in [1.165, 1.54) is 12.8 Å². The second kappa shape index (κ2) is 9.74. The SMILES string of the molecule is CC1=CC(c2ccccc2)=NOC1O[C@@H]1[C@H]2OC3(CCCCC3)O[C@H]2O[C@@H]1[C@H]1COC2(CCCCC2)O1. The number of hydrogen-bond donors (Lipinski definition) is 0. The Bertz CT molecular complexity index is 1030. The molecule has 4 heterocycles. The van der Waals surface area contributed by atoms with E-state index in [2.05, 4.69) is 5.16 Å². The molecule has 0 aromatic heterocycles. The number of fused-ring (bicyclic) bond motifs is 1. The van der Waals surface area contributed by atoms with E-state index in [1.54, 1.807) is 0 Å². The van der Waals surface area contributed by atoms with Crippen LogP contribution in [0.25, 0.3) is 0 Å². The van der Waals surface area contributed by atoms with Gasteiger partial charge in [-0.1, -0.05) is 48.3 Å². The molecule has 200 valence electrons. The molecule has 8 nitrogen and oxygen atoms in total. The van der Waals surface area contributed by atoms with Gasteiger partial charge in [-0.25, -0.2) is 0 Å². The van der Waals surface area contributed by atoms with Gasteiger partial charge in [0.1, 0.15) is 30.1 Å². The van der Waals surface area contributed by atoms with Crippen LogP contribution in [0.15, 0.2) is 47.1 Å². The van der Waals surface area contributed by atoms with E-state index in [0.717, 1.165) is 68.2 Å². The first-order chi connectivity index (χ1) is 18.1. The standard InChI is InChI=1S/C29H37NO7/c1-19-17-21(20-11-5-2-6-12-20)30-37-26(19)33-24-23(22-18-31-28(34-22)13-7-3-8-14-28)32-27-25(24)35-29(36-27)15-9-4-10-16-29/h2,5-6,11-12,17,22-27H,3-4,7-10,13-16,18H2,1H3/t22-,23-,24+,25-,26?,27-/m1/s1. The predicted octanol–water partition coefficient (Wildman–Crippen LogP) is 4.96. The summed E-state index contributed by atoms with van der Waals surface area (Å²) in [4.78, 5) is 5.90. The smallest absolute Gasteiger partial charge is 0.249 e. The lowest BCUT2D eigenvalue weighted by Gasteiger charge is -2.36. The lowest BCUT2D eigenvalue weighted by atomic mass is 9.94. The number of oxime groups is 1. The lowest BCUT2D eigenvalue weighted by molar-refractivity contribution is -0.272. The van der Waals surface area contributed by atoms with Gasteiger partial charge < -0.3 is 33.3 Å². The van der Waals surface area contributed by atoms with Crippen LogP contribution in [0.4, 0.5) is 0 Å². The minimum absolute atomic E-state index is 0.250. The van der Waals surface area contributed by atoms with E-state index >= 15 is 0 Å². The van der Waals surface area contributed by atoms with Crippen molar-refractivity contribution in [2.24, 2.45) is 5.16 Å². The van der Waals surface area contributed by atoms with E-state index in [9.17, 15) is 0 Å². The highest BCUT2D eigenvalue weighted by atomic mass is 16.9. The van der Waals surface area contributed by atoms with E-state index in [1.807, 2.05) is 43.3 Å². The second-order valence-electron chi connectivity index (χ2n) is 11.3. The molecule has 2 spiro atoms.